The van der Waals surface area contributed by atoms with E-state index in [2.05, 4.69) is 4.18 Å². The Labute approximate surface area is 135 Å². The largest absolute Gasteiger partial charge is 0.460 e. The highest BCUT2D eigenvalue weighted by Crippen LogP contribution is 2.55. The zero-order valence-electron chi connectivity index (χ0n) is 12.3. The summed E-state index contributed by atoms with van der Waals surface area (Å²) in [5.41, 5.74) is -0.324. The molecule has 0 fully saturated rings. The quantitative estimate of drug-likeness (QED) is 0.539. The molecule has 0 atom stereocenters. The fourth-order valence-electron chi connectivity index (χ4n) is 1.61. The summed E-state index contributed by atoms with van der Waals surface area (Å²) in [5, 5.41) is -6.88. The van der Waals surface area contributed by atoms with Crippen molar-refractivity contribution in [1.82, 2.24) is 0 Å². The Hall–Kier alpha value is -1.66. The number of alkyl halides is 9. The maximum Gasteiger partial charge on any atom is 0.460 e. The first-order chi connectivity index (χ1) is 10.9. The standard InChI is InChI=1S/C12H9F9O3S/c1-6-4-3-5-7(2)8(6)24-25(22,23)12(20,21)10(15,16)9(13,14)11(17,18)19/h3-5H,1-2H3. The van der Waals surface area contributed by atoms with Crippen LogP contribution in [0.4, 0.5) is 39.5 Å². The molecule has 3 nitrogen and oxygen atoms in total. The van der Waals surface area contributed by atoms with Gasteiger partial charge in [-0.1, -0.05) is 18.2 Å². The molecule has 1 aromatic rings. The van der Waals surface area contributed by atoms with Gasteiger partial charge in [0.25, 0.3) is 0 Å². The van der Waals surface area contributed by atoms with Gasteiger partial charge in [0, 0.05) is 0 Å². The van der Waals surface area contributed by atoms with Crippen LogP contribution in [0.1, 0.15) is 11.1 Å². The fourth-order valence-corrected chi connectivity index (χ4v) is 2.64. The van der Waals surface area contributed by atoms with Crippen molar-refractivity contribution in [2.45, 2.75) is 37.1 Å². The third kappa shape index (κ3) is 3.25. The summed E-state index contributed by atoms with van der Waals surface area (Å²) in [6.07, 6.45) is -7.13. The summed E-state index contributed by atoms with van der Waals surface area (Å²) < 4.78 is 141. The van der Waals surface area contributed by atoms with E-state index >= 15 is 0 Å². The monoisotopic (exact) mass is 404 g/mol. The molecule has 0 spiro atoms. The van der Waals surface area contributed by atoms with Crippen LogP contribution in [0, 0.1) is 13.8 Å². The van der Waals surface area contributed by atoms with E-state index in [1.165, 1.54) is 6.07 Å². The van der Waals surface area contributed by atoms with Gasteiger partial charge in [-0.15, -0.1) is 0 Å². The third-order valence-corrected chi connectivity index (χ3v) is 4.30. The maximum atomic E-state index is 13.5. The zero-order valence-corrected chi connectivity index (χ0v) is 13.1. The van der Waals surface area contributed by atoms with Gasteiger partial charge in [0.05, 0.1) is 0 Å². The fraction of sp³-hybridized carbons (Fsp3) is 0.500. The van der Waals surface area contributed by atoms with Crippen LogP contribution in [0.2, 0.25) is 0 Å². The van der Waals surface area contributed by atoms with E-state index in [1.807, 2.05) is 0 Å². The van der Waals surface area contributed by atoms with E-state index < -0.39 is 39.1 Å². The van der Waals surface area contributed by atoms with Crippen molar-refractivity contribution in [2.75, 3.05) is 0 Å². The summed E-state index contributed by atoms with van der Waals surface area (Å²) >= 11 is 0. The van der Waals surface area contributed by atoms with Gasteiger partial charge in [-0.25, -0.2) is 0 Å². The number of rotatable bonds is 5. The number of aryl methyl sites for hydroxylation is 2. The second-order valence-electron chi connectivity index (χ2n) is 4.92. The van der Waals surface area contributed by atoms with Crippen molar-refractivity contribution in [3.8, 4) is 5.75 Å². The molecular weight excluding hydrogens is 395 g/mol. The third-order valence-electron chi connectivity index (χ3n) is 3.03. The van der Waals surface area contributed by atoms with Gasteiger partial charge in [0.15, 0.2) is 0 Å². The first-order valence-electron chi connectivity index (χ1n) is 6.10. The Morgan fingerprint density at radius 1 is 0.800 bits per heavy atom. The Kier molecular flexibility index (Phi) is 5.09. The van der Waals surface area contributed by atoms with Crippen molar-refractivity contribution >= 4 is 10.1 Å². The molecule has 1 rings (SSSR count). The topological polar surface area (TPSA) is 43.4 Å². The number of para-hydroxylation sites is 1. The summed E-state index contributed by atoms with van der Waals surface area (Å²) in [6.45, 7) is 2.22. The molecule has 0 aliphatic carbocycles. The highest BCUT2D eigenvalue weighted by molar-refractivity contribution is 7.88. The van der Waals surface area contributed by atoms with Crippen LogP contribution >= 0.6 is 0 Å². The molecule has 0 radical (unpaired) electrons. The Bertz CT molecular complexity index is 733. The van der Waals surface area contributed by atoms with Gasteiger partial charge in [-0.05, 0) is 25.0 Å². The Morgan fingerprint density at radius 2 is 1.20 bits per heavy atom. The molecule has 25 heavy (non-hydrogen) atoms. The van der Waals surface area contributed by atoms with E-state index in [-0.39, 0.29) is 11.1 Å². The second kappa shape index (κ2) is 5.95. The lowest BCUT2D eigenvalue weighted by atomic mass is 10.1. The van der Waals surface area contributed by atoms with E-state index in [9.17, 15) is 47.9 Å². The minimum atomic E-state index is -7.33. The van der Waals surface area contributed by atoms with Crippen molar-refractivity contribution < 1.29 is 52.1 Å². The molecule has 0 aromatic heterocycles. The molecule has 0 amide bonds. The summed E-state index contributed by atoms with van der Waals surface area (Å²) in [5.74, 6) is -15.6. The predicted molar refractivity (Wildman–Crippen MR) is 66.4 cm³/mol. The lowest BCUT2D eigenvalue weighted by Crippen LogP contribution is -2.63. The van der Waals surface area contributed by atoms with E-state index in [0.29, 0.717) is 0 Å². The maximum absolute atomic E-state index is 13.5. The van der Waals surface area contributed by atoms with Gasteiger partial charge in [-0.2, -0.15) is 47.9 Å². The van der Waals surface area contributed by atoms with Crippen molar-refractivity contribution in [2.24, 2.45) is 0 Å². The number of halogens is 9. The molecular formula is C12H9F9O3S. The smallest absolute Gasteiger partial charge is 0.377 e. The van der Waals surface area contributed by atoms with Gasteiger partial charge >= 0.3 is 33.4 Å². The van der Waals surface area contributed by atoms with Crippen LogP contribution in [-0.2, 0) is 10.1 Å². The average molecular weight is 404 g/mol. The molecule has 0 heterocycles. The molecule has 0 saturated heterocycles. The lowest BCUT2D eigenvalue weighted by molar-refractivity contribution is -0.382. The summed E-state index contributed by atoms with van der Waals surface area (Å²) in [4.78, 5) is 0. The van der Waals surface area contributed by atoms with Crippen LogP contribution in [0.5, 0.6) is 5.75 Å². The Balaban J connectivity index is 3.45. The first kappa shape index (κ1) is 21.4. The number of benzene rings is 1. The van der Waals surface area contributed by atoms with Gasteiger partial charge in [0.1, 0.15) is 5.75 Å². The van der Waals surface area contributed by atoms with Crippen molar-refractivity contribution in [3.63, 3.8) is 0 Å². The minimum absolute atomic E-state index is 0.162. The molecule has 144 valence electrons. The van der Waals surface area contributed by atoms with E-state index in [4.69, 9.17) is 0 Å². The van der Waals surface area contributed by atoms with E-state index in [1.54, 1.807) is 0 Å². The zero-order chi connectivity index (χ0) is 20.1. The number of hydrogen-bond acceptors (Lipinski definition) is 3. The summed E-state index contributed by atoms with van der Waals surface area (Å²) in [6, 6.07) is 3.52. The van der Waals surface area contributed by atoms with Gasteiger partial charge < -0.3 is 4.18 Å². The molecule has 0 N–H and O–H groups in total. The number of hydrogen-bond donors (Lipinski definition) is 0. The van der Waals surface area contributed by atoms with Crippen molar-refractivity contribution in [1.29, 1.82) is 0 Å². The highest BCUT2D eigenvalue weighted by atomic mass is 32.2. The Morgan fingerprint density at radius 3 is 1.56 bits per heavy atom. The van der Waals surface area contributed by atoms with Gasteiger partial charge in [-0.3, -0.25) is 0 Å². The average Bonchev–Trinajstić information content (AvgIpc) is 2.41. The molecule has 0 aliphatic heterocycles. The highest BCUT2D eigenvalue weighted by Gasteiger charge is 2.86. The molecule has 1 aromatic carbocycles. The molecule has 0 saturated carbocycles. The van der Waals surface area contributed by atoms with Gasteiger partial charge in [0.2, 0.25) is 0 Å². The second-order valence-corrected chi connectivity index (χ2v) is 6.51. The lowest BCUT2D eigenvalue weighted by Gasteiger charge is -2.32. The molecule has 0 unspecified atom stereocenters. The first-order valence-corrected chi connectivity index (χ1v) is 7.51. The van der Waals surface area contributed by atoms with Crippen LogP contribution in [0.3, 0.4) is 0 Å². The predicted octanol–water partition coefficient (Wildman–Crippen LogP) is 4.44. The molecule has 0 aliphatic rings. The van der Waals surface area contributed by atoms with Crippen LogP contribution in [0.25, 0.3) is 0 Å². The molecule has 0 bridgehead atoms. The van der Waals surface area contributed by atoms with Crippen LogP contribution in [-0.4, -0.2) is 31.7 Å². The summed E-state index contributed by atoms with van der Waals surface area (Å²) in [7, 11) is -6.92. The van der Waals surface area contributed by atoms with Crippen LogP contribution < -0.4 is 4.18 Å². The van der Waals surface area contributed by atoms with E-state index in [0.717, 1.165) is 26.0 Å². The van der Waals surface area contributed by atoms with Crippen LogP contribution in [0.15, 0.2) is 18.2 Å². The van der Waals surface area contributed by atoms with Crippen molar-refractivity contribution in [3.05, 3.63) is 29.3 Å². The normalized spacial score (nSPS) is 14.5. The SMILES string of the molecule is Cc1cccc(C)c1OS(=O)(=O)C(F)(F)C(F)(F)C(F)(F)C(F)(F)F. The molecule has 13 heteroatoms. The minimum Gasteiger partial charge on any atom is -0.377 e.